The summed E-state index contributed by atoms with van der Waals surface area (Å²) in [7, 11) is 0. The van der Waals surface area contributed by atoms with Gasteiger partial charge in [-0.15, -0.1) is 6.58 Å². The number of carbonyl (C=O) groups is 5. The van der Waals surface area contributed by atoms with Crippen molar-refractivity contribution in [1.82, 2.24) is 20.9 Å². The average Bonchev–Trinajstić information content (AvgIpc) is 3.11. The van der Waals surface area contributed by atoms with Crippen molar-refractivity contribution in [2.75, 3.05) is 13.1 Å². The number of alkyl carbamates (subject to hydrolysis) is 1. The minimum Gasteiger partial charge on any atom is -0.444 e. The lowest BCUT2D eigenvalue weighted by Gasteiger charge is -2.35. The largest absolute Gasteiger partial charge is 0.444 e. The van der Waals surface area contributed by atoms with Gasteiger partial charge >= 0.3 is 6.09 Å². The zero-order chi connectivity index (χ0) is 28.3. The molecule has 2 aliphatic rings. The summed E-state index contributed by atoms with van der Waals surface area (Å²) in [6.07, 6.45) is 1.63. The van der Waals surface area contributed by atoms with Crippen molar-refractivity contribution in [2.45, 2.75) is 92.0 Å². The molecule has 10 nitrogen and oxygen atoms in total. The highest BCUT2D eigenvalue weighted by Crippen LogP contribution is 2.65. The Morgan fingerprint density at radius 3 is 2.27 bits per heavy atom. The average molecular weight is 521 g/mol. The number of nitrogens with zero attached hydrogens (tertiary/aromatic N) is 1. The first-order chi connectivity index (χ1) is 17.1. The van der Waals surface area contributed by atoms with Crippen LogP contribution in [0.15, 0.2) is 12.7 Å². The van der Waals surface area contributed by atoms with E-state index in [-0.39, 0.29) is 35.6 Å². The van der Waals surface area contributed by atoms with Gasteiger partial charge in [0.2, 0.25) is 17.6 Å². The van der Waals surface area contributed by atoms with Crippen LogP contribution in [0.25, 0.3) is 0 Å². The fourth-order valence-corrected chi connectivity index (χ4v) is 5.16. The third kappa shape index (κ3) is 7.11. The highest BCUT2D eigenvalue weighted by molar-refractivity contribution is 6.38. The lowest BCUT2D eigenvalue weighted by molar-refractivity contribution is -0.144. The van der Waals surface area contributed by atoms with Gasteiger partial charge in [0.15, 0.2) is 0 Å². The van der Waals surface area contributed by atoms with Crippen LogP contribution in [-0.2, 0) is 23.9 Å². The number of hydrogen-bond acceptors (Lipinski definition) is 6. The van der Waals surface area contributed by atoms with Crippen molar-refractivity contribution in [2.24, 2.45) is 23.2 Å². The van der Waals surface area contributed by atoms with Crippen molar-refractivity contribution < 1.29 is 28.7 Å². The highest BCUT2D eigenvalue weighted by atomic mass is 16.6. The van der Waals surface area contributed by atoms with E-state index >= 15 is 0 Å². The van der Waals surface area contributed by atoms with Crippen molar-refractivity contribution in [3.63, 3.8) is 0 Å². The first-order valence-corrected chi connectivity index (χ1v) is 13.1. The molecule has 0 spiro atoms. The molecular formula is C27H44N4O6. The molecule has 0 aromatic rings. The predicted molar refractivity (Wildman–Crippen MR) is 139 cm³/mol. The van der Waals surface area contributed by atoms with Crippen LogP contribution in [0.3, 0.4) is 0 Å². The van der Waals surface area contributed by atoms with E-state index in [0.29, 0.717) is 19.4 Å². The molecule has 1 unspecified atom stereocenters. The number of Topliss-reactive ketones (excluding diaryl/α,β-unsaturated/α-hetero) is 1. The van der Waals surface area contributed by atoms with Crippen molar-refractivity contribution in [1.29, 1.82) is 0 Å². The third-order valence-electron chi connectivity index (χ3n) is 7.21. The Balaban J connectivity index is 2.25. The quantitative estimate of drug-likeness (QED) is 0.282. The molecule has 2 rings (SSSR count). The summed E-state index contributed by atoms with van der Waals surface area (Å²) in [5, 5.41) is 7.89. The van der Waals surface area contributed by atoms with Crippen LogP contribution >= 0.6 is 0 Å². The monoisotopic (exact) mass is 520 g/mol. The molecule has 1 heterocycles. The summed E-state index contributed by atoms with van der Waals surface area (Å²) in [5.41, 5.74) is -0.870. The predicted octanol–water partition coefficient (Wildman–Crippen LogP) is 2.17. The molecule has 1 aliphatic carbocycles. The normalized spacial score (nSPS) is 23.4. The van der Waals surface area contributed by atoms with E-state index in [1.807, 2.05) is 20.8 Å². The minimum absolute atomic E-state index is 0.0854. The molecule has 208 valence electrons. The molecule has 2 fully saturated rings. The SMILES string of the molecule is C=CCNC(=O)C(=O)[C@@H](CCC)NC(=O)[C@@H]1[C@@H]2C(CN1C(=O)[C@@H](NC(=O)OC(C)(C)C)C(C)C)C2(C)C. The van der Waals surface area contributed by atoms with Gasteiger partial charge in [-0.3, -0.25) is 19.2 Å². The summed E-state index contributed by atoms with van der Waals surface area (Å²) in [4.78, 5) is 66.3. The summed E-state index contributed by atoms with van der Waals surface area (Å²) < 4.78 is 5.34. The minimum atomic E-state index is -0.999. The van der Waals surface area contributed by atoms with Gasteiger partial charge in [-0.2, -0.15) is 0 Å². The number of rotatable bonds is 11. The summed E-state index contributed by atoms with van der Waals surface area (Å²) in [6.45, 7) is 18.8. The Morgan fingerprint density at radius 1 is 1.14 bits per heavy atom. The van der Waals surface area contributed by atoms with E-state index in [9.17, 15) is 24.0 Å². The van der Waals surface area contributed by atoms with Gasteiger partial charge < -0.3 is 25.6 Å². The number of fused-ring (bicyclic) bond motifs is 1. The van der Waals surface area contributed by atoms with E-state index < -0.39 is 47.4 Å². The smallest absolute Gasteiger partial charge is 0.408 e. The first kappa shape index (κ1) is 30.3. The Hall–Kier alpha value is -2.91. The maximum Gasteiger partial charge on any atom is 0.408 e. The van der Waals surface area contributed by atoms with Gasteiger partial charge in [0.25, 0.3) is 5.91 Å². The molecule has 3 N–H and O–H groups in total. The van der Waals surface area contributed by atoms with E-state index in [2.05, 4.69) is 36.4 Å². The molecule has 0 radical (unpaired) electrons. The second-order valence-corrected chi connectivity index (χ2v) is 12.0. The van der Waals surface area contributed by atoms with Crippen LogP contribution in [0, 0.1) is 23.2 Å². The fourth-order valence-electron chi connectivity index (χ4n) is 5.16. The van der Waals surface area contributed by atoms with Crippen LogP contribution in [-0.4, -0.2) is 71.3 Å². The van der Waals surface area contributed by atoms with E-state index in [1.54, 1.807) is 20.8 Å². The standard InChI is InChI=1S/C27H44N4O6/c1-10-12-17(21(32)23(34)28-13-11-2)29-22(33)20-18-16(27(18,8)9)14-31(20)24(35)19(15(3)4)30-25(36)37-26(5,6)7/h11,15-20H,2,10,12-14H2,1,3-9H3,(H,28,34)(H,29,33)(H,30,36)/t16?,17-,18+,19+,20+/m1/s1. The second-order valence-electron chi connectivity index (χ2n) is 12.0. The lowest BCUT2D eigenvalue weighted by Crippen LogP contribution is -2.59. The molecule has 4 amide bonds. The summed E-state index contributed by atoms with van der Waals surface area (Å²) in [6, 6.07) is -2.69. The molecule has 5 atom stereocenters. The first-order valence-electron chi connectivity index (χ1n) is 13.1. The number of ketones is 1. The van der Waals surface area contributed by atoms with E-state index in [4.69, 9.17) is 4.74 Å². The number of piperidine rings is 1. The molecule has 0 bridgehead atoms. The highest BCUT2D eigenvalue weighted by Gasteiger charge is 2.69. The topological polar surface area (TPSA) is 134 Å². The van der Waals surface area contributed by atoms with Gasteiger partial charge in [-0.25, -0.2) is 4.79 Å². The van der Waals surface area contributed by atoms with Gasteiger partial charge in [-0.1, -0.05) is 47.1 Å². The number of ether oxygens (including phenoxy) is 1. The zero-order valence-corrected chi connectivity index (χ0v) is 23.5. The van der Waals surface area contributed by atoms with Crippen LogP contribution in [0.1, 0.15) is 68.2 Å². The van der Waals surface area contributed by atoms with E-state index in [0.717, 1.165) is 0 Å². The fraction of sp³-hybridized carbons (Fsp3) is 0.741. The molecule has 0 aromatic heterocycles. The van der Waals surface area contributed by atoms with Crippen molar-refractivity contribution in [3.05, 3.63) is 12.7 Å². The molecule has 1 saturated carbocycles. The molecule has 0 aromatic carbocycles. The van der Waals surface area contributed by atoms with Crippen LogP contribution in [0.2, 0.25) is 0 Å². The second kappa shape index (κ2) is 11.6. The van der Waals surface area contributed by atoms with Crippen molar-refractivity contribution in [3.8, 4) is 0 Å². The molecule has 1 aliphatic heterocycles. The maximum atomic E-state index is 13.7. The molecule has 10 heteroatoms. The van der Waals surface area contributed by atoms with Gasteiger partial charge in [-0.05, 0) is 50.4 Å². The number of nitrogens with one attached hydrogen (secondary N) is 3. The summed E-state index contributed by atoms with van der Waals surface area (Å²) >= 11 is 0. The Labute approximate surface area is 220 Å². The van der Waals surface area contributed by atoms with Crippen LogP contribution < -0.4 is 16.0 Å². The summed E-state index contributed by atoms with van der Waals surface area (Å²) in [5.74, 6) is -2.57. The van der Waals surface area contributed by atoms with Crippen LogP contribution in [0.4, 0.5) is 4.79 Å². The number of hydrogen-bond donors (Lipinski definition) is 3. The van der Waals surface area contributed by atoms with Crippen LogP contribution in [0.5, 0.6) is 0 Å². The Bertz CT molecular complexity index is 922. The number of likely N-dealkylation sites (tertiary alicyclic amines) is 1. The van der Waals surface area contributed by atoms with Crippen molar-refractivity contribution >= 4 is 29.6 Å². The van der Waals surface area contributed by atoms with Gasteiger partial charge in [0.1, 0.15) is 17.7 Å². The van der Waals surface area contributed by atoms with Gasteiger partial charge in [0, 0.05) is 13.1 Å². The maximum absolute atomic E-state index is 13.7. The van der Waals surface area contributed by atoms with E-state index in [1.165, 1.54) is 11.0 Å². The third-order valence-corrected chi connectivity index (χ3v) is 7.21. The Morgan fingerprint density at radius 2 is 1.76 bits per heavy atom. The Kier molecular flexibility index (Phi) is 9.54. The number of amides is 4. The molecule has 37 heavy (non-hydrogen) atoms. The van der Waals surface area contributed by atoms with Gasteiger partial charge in [0.05, 0.1) is 6.04 Å². The zero-order valence-electron chi connectivity index (χ0n) is 23.5. The molecular weight excluding hydrogens is 476 g/mol. The molecule has 1 saturated heterocycles. The number of carbonyl (C=O) groups excluding carboxylic acids is 5. The lowest BCUT2D eigenvalue weighted by atomic mass is 9.97.